The summed E-state index contributed by atoms with van der Waals surface area (Å²) >= 11 is 5.72. The van der Waals surface area contributed by atoms with Crippen LogP contribution in [0.4, 0.5) is 8.78 Å². The highest BCUT2D eigenvalue weighted by atomic mass is 35.5. The SMILES string of the molecule is N#CC(C(=O)c1cccc(F)c1Cl)c1ccccc1F. The van der Waals surface area contributed by atoms with Crippen molar-refractivity contribution in [1.29, 1.82) is 5.26 Å². The van der Waals surface area contributed by atoms with E-state index < -0.39 is 23.3 Å². The first-order chi connectivity index (χ1) is 9.56. The van der Waals surface area contributed by atoms with Crippen molar-refractivity contribution in [2.24, 2.45) is 0 Å². The van der Waals surface area contributed by atoms with E-state index in [0.29, 0.717) is 0 Å². The van der Waals surface area contributed by atoms with Gasteiger partial charge in [-0.05, 0) is 18.2 Å². The van der Waals surface area contributed by atoms with Crippen molar-refractivity contribution in [2.75, 3.05) is 0 Å². The van der Waals surface area contributed by atoms with Crippen molar-refractivity contribution in [3.05, 3.63) is 70.2 Å². The van der Waals surface area contributed by atoms with Gasteiger partial charge < -0.3 is 0 Å². The second-order valence-corrected chi connectivity index (χ2v) is 4.43. The lowest BCUT2D eigenvalue weighted by molar-refractivity contribution is 0.0977. The minimum absolute atomic E-state index is 0.0553. The summed E-state index contributed by atoms with van der Waals surface area (Å²) in [5, 5.41) is 8.75. The van der Waals surface area contributed by atoms with Gasteiger partial charge in [-0.2, -0.15) is 5.26 Å². The third kappa shape index (κ3) is 2.54. The Balaban J connectivity index is 2.49. The maximum Gasteiger partial charge on any atom is 0.186 e. The molecule has 0 heterocycles. The molecule has 0 saturated carbocycles. The molecule has 0 spiro atoms. The van der Waals surface area contributed by atoms with Crippen LogP contribution >= 0.6 is 11.6 Å². The summed E-state index contributed by atoms with van der Waals surface area (Å²) in [5.41, 5.74) is -0.193. The summed E-state index contributed by atoms with van der Waals surface area (Å²) in [4.78, 5) is 12.3. The van der Waals surface area contributed by atoms with Crippen molar-refractivity contribution in [2.45, 2.75) is 5.92 Å². The zero-order chi connectivity index (χ0) is 14.7. The van der Waals surface area contributed by atoms with Gasteiger partial charge in [0.25, 0.3) is 0 Å². The Morgan fingerprint density at radius 3 is 2.40 bits per heavy atom. The van der Waals surface area contributed by atoms with Crippen LogP contribution in [0.25, 0.3) is 0 Å². The van der Waals surface area contributed by atoms with Crippen LogP contribution in [0.3, 0.4) is 0 Å². The predicted molar refractivity (Wildman–Crippen MR) is 70.5 cm³/mol. The van der Waals surface area contributed by atoms with Gasteiger partial charge in [-0.15, -0.1) is 0 Å². The third-order valence-corrected chi connectivity index (χ3v) is 3.21. The lowest BCUT2D eigenvalue weighted by atomic mass is 9.91. The molecule has 2 aromatic carbocycles. The Labute approximate surface area is 119 Å². The molecule has 0 aliphatic heterocycles. The van der Waals surface area contributed by atoms with Gasteiger partial charge >= 0.3 is 0 Å². The Bertz CT molecular complexity index is 709. The van der Waals surface area contributed by atoms with Gasteiger partial charge in [0.1, 0.15) is 17.6 Å². The fourth-order valence-corrected chi connectivity index (χ4v) is 2.05. The van der Waals surface area contributed by atoms with Gasteiger partial charge in [0, 0.05) is 11.1 Å². The van der Waals surface area contributed by atoms with E-state index in [9.17, 15) is 13.6 Å². The number of hydrogen-bond donors (Lipinski definition) is 0. The summed E-state index contributed by atoms with van der Waals surface area (Å²) in [6.45, 7) is 0. The quantitative estimate of drug-likeness (QED) is 0.799. The number of carbonyl (C=O) groups is 1. The average Bonchev–Trinajstić information content (AvgIpc) is 2.44. The first-order valence-corrected chi connectivity index (χ1v) is 6.06. The van der Waals surface area contributed by atoms with Crippen molar-refractivity contribution < 1.29 is 13.6 Å². The minimum atomic E-state index is -1.37. The van der Waals surface area contributed by atoms with Crippen LogP contribution in [0.2, 0.25) is 5.02 Å². The monoisotopic (exact) mass is 291 g/mol. The van der Waals surface area contributed by atoms with Crippen LogP contribution < -0.4 is 0 Å². The molecule has 2 aromatic rings. The molecule has 20 heavy (non-hydrogen) atoms. The number of benzene rings is 2. The van der Waals surface area contributed by atoms with E-state index in [2.05, 4.69) is 0 Å². The molecule has 1 atom stereocenters. The molecule has 0 aliphatic carbocycles. The lowest BCUT2D eigenvalue weighted by Crippen LogP contribution is -2.13. The molecule has 2 nitrogen and oxygen atoms in total. The molecular formula is C15H8ClF2NO. The van der Waals surface area contributed by atoms with Crippen LogP contribution in [0, 0.1) is 23.0 Å². The van der Waals surface area contributed by atoms with Crippen LogP contribution in [-0.2, 0) is 0 Å². The Kier molecular flexibility index (Phi) is 4.11. The molecule has 0 saturated heterocycles. The first kappa shape index (κ1) is 14.2. The van der Waals surface area contributed by atoms with Gasteiger partial charge in [0.2, 0.25) is 0 Å². The number of nitrogens with zero attached hydrogens (tertiary/aromatic N) is 1. The summed E-state index contributed by atoms with van der Waals surface area (Å²) < 4.78 is 27.0. The lowest BCUT2D eigenvalue weighted by Gasteiger charge is -2.11. The smallest absolute Gasteiger partial charge is 0.186 e. The number of Topliss-reactive ketones (excluding diaryl/α,β-unsaturated/α-hetero) is 1. The molecule has 100 valence electrons. The zero-order valence-corrected chi connectivity index (χ0v) is 10.9. The Morgan fingerprint density at radius 2 is 1.75 bits per heavy atom. The van der Waals surface area contributed by atoms with E-state index in [-0.39, 0.29) is 16.1 Å². The summed E-state index contributed by atoms with van der Waals surface area (Å²) in [5.74, 6) is -3.53. The van der Waals surface area contributed by atoms with E-state index in [4.69, 9.17) is 16.9 Å². The van der Waals surface area contributed by atoms with Crippen LogP contribution in [-0.4, -0.2) is 5.78 Å². The van der Waals surface area contributed by atoms with E-state index in [0.717, 1.165) is 12.1 Å². The fraction of sp³-hybridized carbons (Fsp3) is 0.0667. The van der Waals surface area contributed by atoms with Gasteiger partial charge in [-0.25, -0.2) is 8.78 Å². The van der Waals surface area contributed by atoms with Gasteiger partial charge in [0.05, 0.1) is 11.1 Å². The molecule has 0 fully saturated rings. The molecule has 5 heteroatoms. The fourth-order valence-electron chi connectivity index (χ4n) is 1.83. The van der Waals surface area contributed by atoms with Crippen molar-refractivity contribution in [3.8, 4) is 6.07 Å². The molecule has 2 rings (SSSR count). The standard InChI is InChI=1S/C15H8ClF2NO/c16-14-10(5-3-7-13(14)18)15(20)11(8-19)9-4-1-2-6-12(9)17/h1-7,11H. The summed E-state index contributed by atoms with van der Waals surface area (Å²) in [7, 11) is 0. The molecule has 0 N–H and O–H groups in total. The molecule has 0 bridgehead atoms. The molecule has 0 amide bonds. The van der Waals surface area contributed by atoms with E-state index in [1.54, 1.807) is 6.07 Å². The van der Waals surface area contributed by atoms with Crippen LogP contribution in [0.5, 0.6) is 0 Å². The van der Waals surface area contributed by atoms with Crippen LogP contribution in [0.1, 0.15) is 21.8 Å². The van der Waals surface area contributed by atoms with Crippen molar-refractivity contribution in [3.63, 3.8) is 0 Å². The number of carbonyl (C=O) groups excluding carboxylic acids is 1. The third-order valence-electron chi connectivity index (χ3n) is 2.82. The second-order valence-electron chi connectivity index (χ2n) is 4.05. The molecule has 1 unspecified atom stereocenters. The molecule has 0 aliphatic rings. The number of nitriles is 1. The van der Waals surface area contributed by atoms with Gasteiger partial charge in [0.15, 0.2) is 5.78 Å². The minimum Gasteiger partial charge on any atom is -0.292 e. The molecular weight excluding hydrogens is 284 g/mol. The number of ketones is 1. The highest BCUT2D eigenvalue weighted by Gasteiger charge is 2.26. The molecule has 0 radical (unpaired) electrons. The Morgan fingerprint density at radius 1 is 1.10 bits per heavy atom. The normalized spacial score (nSPS) is 11.7. The summed E-state index contributed by atoms with van der Waals surface area (Å²) in [6, 6.07) is 10.9. The first-order valence-electron chi connectivity index (χ1n) is 5.68. The molecule has 0 aromatic heterocycles. The number of hydrogen-bond acceptors (Lipinski definition) is 2. The number of rotatable bonds is 3. The van der Waals surface area contributed by atoms with E-state index >= 15 is 0 Å². The highest BCUT2D eigenvalue weighted by Crippen LogP contribution is 2.27. The summed E-state index contributed by atoms with van der Waals surface area (Å²) in [6.07, 6.45) is 0. The second kappa shape index (κ2) is 5.81. The maximum absolute atomic E-state index is 13.7. The predicted octanol–water partition coefficient (Wildman–Crippen LogP) is 4.11. The average molecular weight is 292 g/mol. The van der Waals surface area contributed by atoms with Crippen LogP contribution in [0.15, 0.2) is 42.5 Å². The van der Waals surface area contributed by atoms with Gasteiger partial charge in [-0.1, -0.05) is 35.9 Å². The van der Waals surface area contributed by atoms with E-state index in [1.807, 2.05) is 0 Å². The zero-order valence-electron chi connectivity index (χ0n) is 10.1. The van der Waals surface area contributed by atoms with Gasteiger partial charge in [-0.3, -0.25) is 4.79 Å². The van der Waals surface area contributed by atoms with Crippen molar-refractivity contribution in [1.82, 2.24) is 0 Å². The Hall–Kier alpha value is -2.25. The maximum atomic E-state index is 13.7. The highest BCUT2D eigenvalue weighted by molar-refractivity contribution is 6.34. The largest absolute Gasteiger partial charge is 0.292 e. The van der Waals surface area contributed by atoms with E-state index in [1.165, 1.54) is 30.3 Å². The number of halogens is 3. The topological polar surface area (TPSA) is 40.9 Å². The van der Waals surface area contributed by atoms with Crippen molar-refractivity contribution >= 4 is 17.4 Å².